The molecule has 24 heavy (non-hydrogen) atoms. The lowest BCUT2D eigenvalue weighted by Crippen LogP contribution is -2.56. The van der Waals surface area contributed by atoms with E-state index in [0.717, 1.165) is 38.5 Å². The molecule has 134 valence electrons. The Bertz CT molecular complexity index is 537. The maximum atomic E-state index is 12.6. The second-order valence-corrected chi connectivity index (χ2v) is 8.57. The van der Waals surface area contributed by atoms with Crippen LogP contribution in [0.15, 0.2) is 0 Å². The highest BCUT2D eigenvalue weighted by Crippen LogP contribution is 2.64. The van der Waals surface area contributed by atoms with E-state index >= 15 is 0 Å². The second kappa shape index (κ2) is 6.54. The Labute approximate surface area is 147 Å². The molecular formula is C17H25ClN2O4. The smallest absolute Gasteiger partial charge is 0.321 e. The molecule has 2 unspecified atom stereocenters. The number of imide groups is 1. The second-order valence-electron chi connectivity index (χ2n) is 7.77. The minimum absolute atomic E-state index is 0.272. The van der Waals surface area contributed by atoms with Crippen LogP contribution in [0.5, 0.6) is 0 Å². The van der Waals surface area contributed by atoms with Gasteiger partial charge >= 0.3 is 12.0 Å². The van der Waals surface area contributed by atoms with Crippen LogP contribution >= 0.6 is 11.6 Å². The number of carbonyl (C=O) groups is 3. The third-order valence-corrected chi connectivity index (χ3v) is 5.99. The van der Waals surface area contributed by atoms with Crippen molar-refractivity contribution in [2.24, 2.45) is 17.3 Å². The van der Waals surface area contributed by atoms with Crippen LogP contribution in [0.1, 0.15) is 51.9 Å². The Morgan fingerprint density at radius 2 is 1.83 bits per heavy atom. The summed E-state index contributed by atoms with van der Waals surface area (Å²) in [5.74, 6) is 0.0444. The number of alkyl halides is 1. The highest BCUT2D eigenvalue weighted by atomic mass is 35.5. The maximum Gasteiger partial charge on any atom is 0.321 e. The first kappa shape index (κ1) is 17.5. The summed E-state index contributed by atoms with van der Waals surface area (Å²) in [5.41, 5.74) is -0.531. The van der Waals surface area contributed by atoms with Gasteiger partial charge < -0.3 is 10.1 Å². The molecule has 0 radical (unpaired) electrons. The van der Waals surface area contributed by atoms with Gasteiger partial charge in [0.15, 0.2) is 6.61 Å². The predicted molar refractivity (Wildman–Crippen MR) is 88.5 cm³/mol. The normalized spacial score (nSPS) is 36.2. The fourth-order valence-corrected chi connectivity index (χ4v) is 5.81. The third-order valence-electron chi connectivity index (χ3n) is 5.55. The number of nitrogens with one attached hydrogen (secondary N) is 2. The van der Waals surface area contributed by atoms with E-state index < -0.39 is 24.0 Å². The van der Waals surface area contributed by atoms with E-state index in [9.17, 15) is 14.4 Å². The van der Waals surface area contributed by atoms with Gasteiger partial charge in [0.05, 0.1) is 5.41 Å². The Hall–Kier alpha value is -1.30. The molecule has 0 spiro atoms. The van der Waals surface area contributed by atoms with Gasteiger partial charge in [-0.15, -0.1) is 11.6 Å². The Balaban J connectivity index is 1.52. The van der Waals surface area contributed by atoms with E-state index in [1.807, 2.05) is 6.92 Å². The summed E-state index contributed by atoms with van der Waals surface area (Å²) in [6.45, 7) is 1.98. The number of hydrogen-bond donors (Lipinski definition) is 2. The first-order valence-electron chi connectivity index (χ1n) is 8.78. The molecular weight excluding hydrogens is 332 g/mol. The number of urea groups is 1. The fraction of sp³-hybridized carbons (Fsp3) is 0.824. The standard InChI is InChI=1S/C17H25ClN2O4/c1-2-3-19-15(23)20-13(21)9-24-14(22)16-5-11-4-12(6-16)8-17(18,7-11)10-16/h11-12H,2-10H2,1H3,(H2,19,20,21,23)/t11-,12+,16?,17?. The number of esters is 1. The SMILES string of the molecule is CCCNC(=O)NC(=O)COC(=O)C12C[C@@H]3C[C@@H](CC(Cl)(C3)C1)C2. The monoisotopic (exact) mass is 356 g/mol. The molecule has 4 aliphatic rings. The van der Waals surface area contributed by atoms with E-state index in [4.69, 9.17) is 16.3 Å². The minimum atomic E-state index is -0.609. The number of rotatable bonds is 5. The largest absolute Gasteiger partial charge is 0.455 e. The van der Waals surface area contributed by atoms with Crippen LogP contribution < -0.4 is 10.6 Å². The summed E-state index contributed by atoms with van der Waals surface area (Å²) >= 11 is 6.70. The van der Waals surface area contributed by atoms with Crippen molar-refractivity contribution in [3.63, 3.8) is 0 Å². The van der Waals surface area contributed by atoms with Crippen LogP contribution in [0.4, 0.5) is 4.79 Å². The van der Waals surface area contributed by atoms with E-state index in [-0.39, 0.29) is 10.8 Å². The van der Waals surface area contributed by atoms with E-state index in [1.54, 1.807) is 0 Å². The average molecular weight is 357 g/mol. The van der Waals surface area contributed by atoms with Crippen LogP contribution in [0.25, 0.3) is 0 Å². The lowest BCUT2D eigenvalue weighted by molar-refractivity contribution is -0.171. The maximum absolute atomic E-state index is 12.6. The summed E-state index contributed by atoms with van der Waals surface area (Å²) in [7, 11) is 0. The molecule has 0 heterocycles. The molecule has 3 amide bonds. The number of ether oxygens (including phenoxy) is 1. The molecule has 4 saturated carbocycles. The summed E-state index contributed by atoms with van der Waals surface area (Å²) < 4.78 is 5.25. The van der Waals surface area contributed by atoms with Gasteiger partial charge in [0.2, 0.25) is 0 Å². The molecule has 6 nitrogen and oxygen atoms in total. The number of carbonyl (C=O) groups excluding carboxylic acids is 3. The zero-order valence-corrected chi connectivity index (χ0v) is 14.8. The molecule has 0 saturated heterocycles. The van der Waals surface area contributed by atoms with Gasteiger partial charge in [-0.1, -0.05) is 6.92 Å². The van der Waals surface area contributed by atoms with Crippen LogP contribution in [-0.2, 0) is 14.3 Å². The number of hydrogen-bond acceptors (Lipinski definition) is 4. The van der Waals surface area contributed by atoms with E-state index in [2.05, 4.69) is 10.6 Å². The molecule has 4 rings (SSSR count). The van der Waals surface area contributed by atoms with Gasteiger partial charge in [0.25, 0.3) is 5.91 Å². The zero-order valence-electron chi connectivity index (χ0n) is 14.0. The van der Waals surface area contributed by atoms with Gasteiger partial charge in [0.1, 0.15) is 0 Å². The molecule has 7 heteroatoms. The van der Waals surface area contributed by atoms with Crippen molar-refractivity contribution < 1.29 is 19.1 Å². The zero-order chi connectivity index (χ0) is 17.4. The first-order chi connectivity index (χ1) is 11.3. The summed E-state index contributed by atoms with van der Waals surface area (Å²) in [6.07, 6.45) is 6.18. The van der Waals surface area contributed by atoms with Crippen LogP contribution in [0.2, 0.25) is 0 Å². The van der Waals surface area contributed by atoms with Gasteiger partial charge in [0, 0.05) is 11.4 Å². The van der Waals surface area contributed by atoms with Crippen molar-refractivity contribution >= 4 is 29.5 Å². The molecule has 4 atom stereocenters. The molecule has 4 bridgehead atoms. The van der Waals surface area contributed by atoms with Gasteiger partial charge in [-0.05, 0) is 56.8 Å². The number of halogens is 1. The fourth-order valence-electron chi connectivity index (χ4n) is 5.12. The van der Waals surface area contributed by atoms with E-state index in [0.29, 0.717) is 24.8 Å². The van der Waals surface area contributed by atoms with Crippen molar-refractivity contribution in [3.8, 4) is 0 Å². The van der Waals surface area contributed by atoms with Crippen molar-refractivity contribution in [3.05, 3.63) is 0 Å². The molecule has 2 N–H and O–H groups in total. The third kappa shape index (κ3) is 3.53. The summed E-state index contributed by atoms with van der Waals surface area (Å²) in [4.78, 5) is 35.5. The highest BCUT2D eigenvalue weighted by Gasteiger charge is 2.60. The van der Waals surface area contributed by atoms with Crippen LogP contribution in [0, 0.1) is 17.3 Å². The van der Waals surface area contributed by atoms with Crippen molar-refractivity contribution in [1.29, 1.82) is 0 Å². The first-order valence-corrected chi connectivity index (χ1v) is 9.16. The lowest BCUT2D eigenvalue weighted by Gasteiger charge is -2.58. The minimum Gasteiger partial charge on any atom is -0.455 e. The molecule has 0 aromatic carbocycles. The van der Waals surface area contributed by atoms with Gasteiger partial charge in [-0.25, -0.2) is 4.79 Å². The Morgan fingerprint density at radius 1 is 1.17 bits per heavy atom. The quantitative estimate of drug-likeness (QED) is 0.585. The summed E-state index contributed by atoms with van der Waals surface area (Å²) in [6, 6.07) is -0.563. The lowest BCUT2D eigenvalue weighted by atomic mass is 9.49. The highest BCUT2D eigenvalue weighted by molar-refractivity contribution is 6.24. The molecule has 0 aromatic heterocycles. The van der Waals surface area contributed by atoms with Crippen molar-refractivity contribution in [2.75, 3.05) is 13.2 Å². The average Bonchev–Trinajstić information content (AvgIpc) is 2.48. The molecule has 0 aromatic rings. The van der Waals surface area contributed by atoms with Gasteiger partial charge in [-0.2, -0.15) is 0 Å². The van der Waals surface area contributed by atoms with Crippen LogP contribution in [0.3, 0.4) is 0 Å². The predicted octanol–water partition coefficient (Wildman–Crippen LogP) is 2.34. The van der Waals surface area contributed by atoms with E-state index in [1.165, 1.54) is 0 Å². The Kier molecular flexibility index (Phi) is 4.78. The topological polar surface area (TPSA) is 84.5 Å². The summed E-state index contributed by atoms with van der Waals surface area (Å²) in [5, 5.41) is 4.69. The van der Waals surface area contributed by atoms with Crippen molar-refractivity contribution in [1.82, 2.24) is 10.6 Å². The molecule has 4 fully saturated rings. The Morgan fingerprint density at radius 3 is 2.42 bits per heavy atom. The molecule has 0 aliphatic heterocycles. The number of amides is 3. The van der Waals surface area contributed by atoms with Crippen LogP contribution in [-0.4, -0.2) is 35.9 Å². The van der Waals surface area contributed by atoms with Crippen molar-refractivity contribution in [2.45, 2.75) is 56.7 Å². The van der Waals surface area contributed by atoms with Gasteiger partial charge in [-0.3, -0.25) is 14.9 Å². The molecule has 4 aliphatic carbocycles.